The molecule has 0 aromatic carbocycles. The van der Waals surface area contributed by atoms with Crippen LogP contribution < -0.4 is 0 Å². The number of thiocarbonyl (C=S) groups is 1. The average molecular weight is 287 g/mol. The molecule has 0 aliphatic heterocycles. The van der Waals surface area contributed by atoms with E-state index in [1.54, 1.807) is 33.1 Å². The summed E-state index contributed by atoms with van der Waals surface area (Å²) in [5.74, 6) is 0.990. The Bertz CT molecular complexity index is 180. The summed E-state index contributed by atoms with van der Waals surface area (Å²) in [5, 5.41) is 0. The molecule has 3 nitrogen and oxygen atoms in total. The molecule has 0 aliphatic carbocycles. The minimum absolute atomic E-state index is 0.698. The van der Waals surface area contributed by atoms with Gasteiger partial charge in [-0.25, -0.2) is 0 Å². The molecular weight excluding hydrogens is 268 g/mol. The third-order valence-corrected chi connectivity index (χ3v) is 6.35. The maximum absolute atomic E-state index is 5.31. The third kappa shape index (κ3) is 6.93. The van der Waals surface area contributed by atoms with Gasteiger partial charge in [0, 0.05) is 27.4 Å². The van der Waals surface area contributed by atoms with E-state index in [4.69, 9.17) is 25.5 Å². The van der Waals surface area contributed by atoms with Gasteiger partial charge in [-0.1, -0.05) is 12.2 Å². The van der Waals surface area contributed by atoms with Crippen LogP contribution in [0, 0.1) is 0 Å². The van der Waals surface area contributed by atoms with Crippen molar-refractivity contribution in [2.45, 2.75) is 18.9 Å². The number of rotatable bonds is 8. The van der Waals surface area contributed by atoms with E-state index in [9.17, 15) is 0 Å². The third-order valence-electron chi connectivity index (χ3n) is 2.04. The molecule has 0 saturated heterocycles. The van der Waals surface area contributed by atoms with Gasteiger partial charge in [0.25, 0.3) is 0 Å². The van der Waals surface area contributed by atoms with E-state index < -0.39 is 8.80 Å². The summed E-state index contributed by atoms with van der Waals surface area (Å²) >= 11 is 10.5. The van der Waals surface area contributed by atoms with Crippen LogP contribution in [0.5, 0.6) is 0 Å². The molecule has 0 atom stereocenters. The predicted molar refractivity (Wildman–Crippen MR) is 74.9 cm³/mol. The molecule has 0 unspecified atom stereocenters. The van der Waals surface area contributed by atoms with Gasteiger partial charge < -0.3 is 13.3 Å². The number of thiol groups is 1. The van der Waals surface area contributed by atoms with Crippen LogP contribution >= 0.6 is 36.6 Å². The quantitative estimate of drug-likeness (QED) is 0.320. The van der Waals surface area contributed by atoms with E-state index >= 15 is 0 Å². The SMILES string of the molecule is CO[Si](CCCCSC(=S)S)(OC)OC. The molecule has 0 spiro atoms. The second-order valence-corrected chi connectivity index (χ2v) is 8.78. The Kier molecular flexibility index (Phi) is 9.50. The highest BCUT2D eigenvalue weighted by atomic mass is 32.2. The van der Waals surface area contributed by atoms with Gasteiger partial charge in [0.05, 0.1) is 0 Å². The van der Waals surface area contributed by atoms with Crippen LogP contribution in [-0.2, 0) is 13.3 Å². The van der Waals surface area contributed by atoms with Crippen molar-refractivity contribution in [2.75, 3.05) is 27.1 Å². The standard InChI is InChI=1S/C8H18O3S3Si/c1-9-15(10-2,11-3)7-5-4-6-14-8(12)13/h4-7H2,1-3H3,(H,12,13). The van der Waals surface area contributed by atoms with Crippen LogP contribution in [0.4, 0.5) is 0 Å². The van der Waals surface area contributed by atoms with E-state index in [1.807, 2.05) is 0 Å². The Morgan fingerprint density at radius 3 is 2.13 bits per heavy atom. The molecular formula is C8H18O3S3Si. The first kappa shape index (κ1) is 15.9. The number of hydrogen-bond acceptors (Lipinski definition) is 5. The Labute approximate surface area is 108 Å². The van der Waals surface area contributed by atoms with Crippen LogP contribution in [0.25, 0.3) is 0 Å². The molecule has 0 aromatic rings. The highest BCUT2D eigenvalue weighted by Crippen LogP contribution is 2.18. The summed E-state index contributed by atoms with van der Waals surface area (Å²) < 4.78 is 16.6. The molecule has 0 rings (SSSR count). The lowest BCUT2D eigenvalue weighted by Gasteiger charge is -2.24. The molecule has 0 amide bonds. The van der Waals surface area contributed by atoms with E-state index in [1.165, 1.54) is 0 Å². The lowest BCUT2D eigenvalue weighted by Crippen LogP contribution is -2.42. The summed E-state index contributed by atoms with van der Waals surface area (Å²) in [7, 11) is 2.55. The van der Waals surface area contributed by atoms with Gasteiger partial charge in [-0.2, -0.15) is 0 Å². The Morgan fingerprint density at radius 1 is 1.20 bits per heavy atom. The second kappa shape index (κ2) is 8.97. The fraction of sp³-hybridized carbons (Fsp3) is 0.875. The van der Waals surface area contributed by atoms with Crippen molar-refractivity contribution in [2.24, 2.45) is 0 Å². The topological polar surface area (TPSA) is 27.7 Å². The smallest absolute Gasteiger partial charge is 0.377 e. The van der Waals surface area contributed by atoms with Gasteiger partial charge in [0.1, 0.15) is 3.53 Å². The van der Waals surface area contributed by atoms with Crippen LogP contribution in [0.2, 0.25) is 6.04 Å². The van der Waals surface area contributed by atoms with Crippen molar-refractivity contribution in [3.8, 4) is 0 Å². The monoisotopic (exact) mass is 286 g/mol. The van der Waals surface area contributed by atoms with E-state index in [0.717, 1.165) is 24.6 Å². The summed E-state index contributed by atoms with van der Waals surface area (Å²) in [4.78, 5) is 0. The van der Waals surface area contributed by atoms with E-state index in [-0.39, 0.29) is 0 Å². The minimum Gasteiger partial charge on any atom is -0.377 e. The summed E-state index contributed by atoms with van der Waals surface area (Å²) in [6, 6.07) is 0.844. The van der Waals surface area contributed by atoms with Crippen LogP contribution in [0.3, 0.4) is 0 Å². The fourth-order valence-corrected chi connectivity index (χ4v) is 4.00. The molecule has 0 fully saturated rings. The van der Waals surface area contributed by atoms with Gasteiger partial charge >= 0.3 is 8.80 Å². The van der Waals surface area contributed by atoms with Gasteiger partial charge in [-0.15, -0.1) is 24.4 Å². The Hall–Kier alpha value is 0.887. The Morgan fingerprint density at radius 2 is 1.73 bits per heavy atom. The molecule has 7 heteroatoms. The zero-order valence-electron chi connectivity index (χ0n) is 9.32. The van der Waals surface area contributed by atoms with Crippen molar-refractivity contribution >= 4 is 48.9 Å². The maximum Gasteiger partial charge on any atom is 0.500 e. The maximum atomic E-state index is 5.31. The van der Waals surface area contributed by atoms with Gasteiger partial charge in [-0.3, -0.25) is 0 Å². The lowest BCUT2D eigenvalue weighted by atomic mass is 10.4. The molecule has 15 heavy (non-hydrogen) atoms. The average Bonchev–Trinajstić information content (AvgIpc) is 2.24. The number of thioether (sulfide) groups is 1. The molecule has 0 aliphatic rings. The van der Waals surface area contributed by atoms with E-state index in [0.29, 0.717) is 3.53 Å². The zero-order chi connectivity index (χ0) is 11.7. The fourth-order valence-electron chi connectivity index (χ4n) is 1.16. The van der Waals surface area contributed by atoms with Gasteiger partial charge in [-0.05, 0) is 18.6 Å². The first-order valence-corrected chi connectivity index (χ1v) is 8.38. The second-order valence-electron chi connectivity index (χ2n) is 2.87. The van der Waals surface area contributed by atoms with Crippen LogP contribution in [0.1, 0.15) is 12.8 Å². The predicted octanol–water partition coefficient (Wildman–Crippen LogP) is 2.59. The first-order valence-electron chi connectivity index (χ1n) is 4.61. The molecule has 0 bridgehead atoms. The van der Waals surface area contributed by atoms with Gasteiger partial charge in [0.2, 0.25) is 0 Å². The minimum atomic E-state index is -2.36. The summed E-state index contributed by atoms with van der Waals surface area (Å²) in [6.07, 6.45) is 2.08. The normalized spacial score (nSPS) is 11.7. The summed E-state index contributed by atoms with van der Waals surface area (Å²) in [6.45, 7) is 0. The van der Waals surface area contributed by atoms with Crippen molar-refractivity contribution in [1.29, 1.82) is 0 Å². The highest BCUT2D eigenvalue weighted by Gasteiger charge is 2.36. The Balaban J connectivity index is 3.67. The van der Waals surface area contributed by atoms with Gasteiger partial charge in [0.15, 0.2) is 0 Å². The molecule has 0 N–H and O–H groups in total. The molecule has 0 aromatic heterocycles. The molecule has 0 heterocycles. The molecule has 90 valence electrons. The van der Waals surface area contributed by atoms with Crippen LogP contribution in [0.15, 0.2) is 0 Å². The molecule has 0 radical (unpaired) electrons. The largest absolute Gasteiger partial charge is 0.500 e. The molecule has 0 saturated carbocycles. The van der Waals surface area contributed by atoms with Crippen LogP contribution in [-0.4, -0.2) is 39.4 Å². The van der Waals surface area contributed by atoms with Crippen molar-refractivity contribution in [1.82, 2.24) is 0 Å². The zero-order valence-corrected chi connectivity index (χ0v) is 12.8. The van der Waals surface area contributed by atoms with E-state index in [2.05, 4.69) is 12.6 Å². The van der Waals surface area contributed by atoms with Crippen molar-refractivity contribution < 1.29 is 13.3 Å². The first-order chi connectivity index (χ1) is 7.10. The number of unbranched alkanes of at least 4 members (excludes halogenated alkanes) is 1. The van der Waals surface area contributed by atoms with Crippen molar-refractivity contribution in [3.05, 3.63) is 0 Å². The highest BCUT2D eigenvalue weighted by molar-refractivity contribution is 8.41. The summed E-state index contributed by atoms with van der Waals surface area (Å²) in [5.41, 5.74) is 0. The lowest BCUT2D eigenvalue weighted by molar-refractivity contribution is 0.123. The number of hydrogen-bond donors (Lipinski definition) is 1. The van der Waals surface area contributed by atoms with Crippen molar-refractivity contribution in [3.63, 3.8) is 0 Å².